The van der Waals surface area contributed by atoms with Crippen molar-refractivity contribution in [1.29, 1.82) is 0 Å². The first-order chi connectivity index (χ1) is 9.65. The van der Waals surface area contributed by atoms with E-state index >= 15 is 0 Å². The molecule has 1 unspecified atom stereocenters. The molecule has 0 radical (unpaired) electrons. The Kier molecular flexibility index (Phi) is 4.13. The van der Waals surface area contributed by atoms with Crippen LogP contribution in [0.3, 0.4) is 0 Å². The fourth-order valence-electron chi connectivity index (χ4n) is 3.29. The molecule has 0 saturated carbocycles. The Morgan fingerprint density at radius 3 is 2.70 bits per heavy atom. The second-order valence-electron chi connectivity index (χ2n) is 5.90. The van der Waals surface area contributed by atoms with Gasteiger partial charge in [0.1, 0.15) is 0 Å². The lowest BCUT2D eigenvalue weighted by molar-refractivity contribution is 0.0780. The van der Waals surface area contributed by atoms with Crippen molar-refractivity contribution in [3.05, 3.63) is 33.8 Å². The first-order valence-corrected chi connectivity index (χ1v) is 8.24. The highest BCUT2D eigenvalue weighted by molar-refractivity contribution is 9.10. The van der Waals surface area contributed by atoms with E-state index < -0.39 is 0 Å². The van der Waals surface area contributed by atoms with Crippen LogP contribution in [-0.4, -0.2) is 47.9 Å². The van der Waals surface area contributed by atoms with Crippen molar-refractivity contribution in [3.63, 3.8) is 0 Å². The van der Waals surface area contributed by atoms with Gasteiger partial charge in [0.25, 0.3) is 5.91 Å². The van der Waals surface area contributed by atoms with Crippen LogP contribution in [0.1, 0.15) is 35.2 Å². The summed E-state index contributed by atoms with van der Waals surface area (Å²) in [7, 11) is 0. The standard InChI is InChI=1S/C16H21BrN2O/c1-12-10-13(4-5-15(12)17)16(20)19-9-6-14(11-19)18-7-2-3-8-18/h4-5,10,14H,2-3,6-9,11H2,1H3. The molecule has 1 aromatic carbocycles. The maximum atomic E-state index is 12.6. The van der Waals surface area contributed by atoms with Gasteiger partial charge in [-0.15, -0.1) is 0 Å². The summed E-state index contributed by atoms with van der Waals surface area (Å²) in [6, 6.07) is 6.45. The number of carbonyl (C=O) groups excluding carboxylic acids is 1. The zero-order valence-corrected chi connectivity index (χ0v) is 13.5. The number of likely N-dealkylation sites (tertiary alicyclic amines) is 2. The van der Waals surface area contributed by atoms with E-state index in [-0.39, 0.29) is 5.91 Å². The van der Waals surface area contributed by atoms with E-state index in [2.05, 4.69) is 20.8 Å². The quantitative estimate of drug-likeness (QED) is 0.828. The van der Waals surface area contributed by atoms with Crippen molar-refractivity contribution in [2.75, 3.05) is 26.2 Å². The van der Waals surface area contributed by atoms with Gasteiger partial charge < -0.3 is 4.90 Å². The molecule has 108 valence electrons. The van der Waals surface area contributed by atoms with Gasteiger partial charge in [0.15, 0.2) is 0 Å². The number of aryl methyl sites for hydroxylation is 1. The van der Waals surface area contributed by atoms with E-state index in [0.29, 0.717) is 6.04 Å². The minimum Gasteiger partial charge on any atom is -0.337 e. The fourth-order valence-corrected chi connectivity index (χ4v) is 3.54. The van der Waals surface area contributed by atoms with E-state index in [1.165, 1.54) is 25.9 Å². The highest BCUT2D eigenvalue weighted by atomic mass is 79.9. The van der Waals surface area contributed by atoms with E-state index in [1.54, 1.807) is 0 Å². The Balaban J connectivity index is 1.67. The minimum atomic E-state index is 0.183. The van der Waals surface area contributed by atoms with Crippen molar-refractivity contribution in [3.8, 4) is 0 Å². The maximum absolute atomic E-state index is 12.6. The van der Waals surface area contributed by atoms with Crippen LogP contribution < -0.4 is 0 Å². The van der Waals surface area contributed by atoms with E-state index in [0.717, 1.165) is 35.1 Å². The third kappa shape index (κ3) is 2.77. The topological polar surface area (TPSA) is 23.6 Å². The van der Waals surface area contributed by atoms with Gasteiger partial charge in [-0.1, -0.05) is 15.9 Å². The van der Waals surface area contributed by atoms with Crippen LogP contribution in [0, 0.1) is 6.92 Å². The molecular formula is C16H21BrN2O. The van der Waals surface area contributed by atoms with Crippen molar-refractivity contribution in [1.82, 2.24) is 9.80 Å². The van der Waals surface area contributed by atoms with Crippen molar-refractivity contribution < 1.29 is 4.79 Å². The Hall–Kier alpha value is -0.870. The minimum absolute atomic E-state index is 0.183. The van der Waals surface area contributed by atoms with Gasteiger partial charge in [-0.25, -0.2) is 0 Å². The number of carbonyl (C=O) groups is 1. The summed E-state index contributed by atoms with van der Waals surface area (Å²) in [5.74, 6) is 0.183. The zero-order valence-electron chi connectivity index (χ0n) is 11.9. The van der Waals surface area contributed by atoms with Crippen LogP contribution in [0.25, 0.3) is 0 Å². The third-order valence-electron chi connectivity index (χ3n) is 4.51. The molecule has 2 aliphatic heterocycles. The molecule has 0 N–H and O–H groups in total. The summed E-state index contributed by atoms with van der Waals surface area (Å²) in [5, 5.41) is 0. The number of hydrogen-bond donors (Lipinski definition) is 0. The van der Waals surface area contributed by atoms with Crippen LogP contribution in [0.5, 0.6) is 0 Å². The molecule has 1 aromatic rings. The molecule has 0 aromatic heterocycles. The van der Waals surface area contributed by atoms with Crippen LogP contribution in [0.4, 0.5) is 0 Å². The predicted molar refractivity (Wildman–Crippen MR) is 84.0 cm³/mol. The maximum Gasteiger partial charge on any atom is 0.253 e. The Bertz CT molecular complexity index is 511. The molecule has 0 spiro atoms. The monoisotopic (exact) mass is 336 g/mol. The number of benzene rings is 1. The SMILES string of the molecule is Cc1cc(C(=O)N2CCC(N3CCCC3)C2)ccc1Br. The second-order valence-corrected chi connectivity index (χ2v) is 6.76. The van der Waals surface area contributed by atoms with E-state index in [9.17, 15) is 4.79 Å². The molecule has 3 nitrogen and oxygen atoms in total. The smallest absolute Gasteiger partial charge is 0.253 e. The van der Waals surface area contributed by atoms with Crippen molar-refractivity contribution in [2.45, 2.75) is 32.2 Å². The van der Waals surface area contributed by atoms with Gasteiger partial charge in [0.2, 0.25) is 0 Å². The average molecular weight is 337 g/mol. The second kappa shape index (κ2) is 5.86. The fraction of sp³-hybridized carbons (Fsp3) is 0.562. The average Bonchev–Trinajstić information content (AvgIpc) is 3.11. The van der Waals surface area contributed by atoms with E-state index in [1.807, 2.05) is 30.0 Å². The van der Waals surface area contributed by atoms with Crippen LogP contribution in [0.2, 0.25) is 0 Å². The van der Waals surface area contributed by atoms with Gasteiger partial charge in [-0.3, -0.25) is 9.69 Å². The molecule has 0 bridgehead atoms. The molecule has 2 fully saturated rings. The highest BCUT2D eigenvalue weighted by Crippen LogP contribution is 2.23. The Morgan fingerprint density at radius 1 is 1.25 bits per heavy atom. The predicted octanol–water partition coefficient (Wildman–Crippen LogP) is 3.07. The highest BCUT2D eigenvalue weighted by Gasteiger charge is 2.31. The van der Waals surface area contributed by atoms with Gasteiger partial charge >= 0.3 is 0 Å². The van der Waals surface area contributed by atoms with Crippen molar-refractivity contribution >= 4 is 21.8 Å². The lowest BCUT2D eigenvalue weighted by Gasteiger charge is -2.23. The zero-order chi connectivity index (χ0) is 14.1. The molecule has 2 heterocycles. The van der Waals surface area contributed by atoms with Gasteiger partial charge in [0, 0.05) is 29.2 Å². The third-order valence-corrected chi connectivity index (χ3v) is 5.40. The van der Waals surface area contributed by atoms with E-state index in [4.69, 9.17) is 0 Å². The summed E-state index contributed by atoms with van der Waals surface area (Å²) in [6.45, 7) is 6.25. The van der Waals surface area contributed by atoms with Crippen LogP contribution in [0.15, 0.2) is 22.7 Å². The van der Waals surface area contributed by atoms with Crippen LogP contribution in [-0.2, 0) is 0 Å². The largest absolute Gasteiger partial charge is 0.337 e. The summed E-state index contributed by atoms with van der Waals surface area (Å²) in [4.78, 5) is 17.1. The van der Waals surface area contributed by atoms with Gasteiger partial charge in [-0.05, 0) is 63.0 Å². The Morgan fingerprint density at radius 2 is 2.00 bits per heavy atom. The summed E-state index contributed by atoms with van der Waals surface area (Å²) in [6.07, 6.45) is 3.76. The number of halogens is 1. The molecule has 0 aliphatic carbocycles. The Labute approximate surface area is 129 Å². The molecule has 1 atom stereocenters. The summed E-state index contributed by atoms with van der Waals surface area (Å²) in [5.41, 5.74) is 1.93. The first kappa shape index (κ1) is 14.1. The number of hydrogen-bond acceptors (Lipinski definition) is 2. The molecule has 20 heavy (non-hydrogen) atoms. The van der Waals surface area contributed by atoms with Gasteiger partial charge in [0.05, 0.1) is 0 Å². The molecule has 3 rings (SSSR count). The molecule has 2 saturated heterocycles. The lowest BCUT2D eigenvalue weighted by atomic mass is 10.1. The molecule has 4 heteroatoms. The summed E-state index contributed by atoms with van der Waals surface area (Å²) < 4.78 is 1.06. The number of rotatable bonds is 2. The first-order valence-electron chi connectivity index (χ1n) is 7.44. The molecule has 2 aliphatic rings. The lowest BCUT2D eigenvalue weighted by Crippen LogP contribution is -2.37. The number of amides is 1. The molecular weight excluding hydrogens is 316 g/mol. The van der Waals surface area contributed by atoms with Gasteiger partial charge in [-0.2, -0.15) is 0 Å². The van der Waals surface area contributed by atoms with Crippen LogP contribution >= 0.6 is 15.9 Å². The number of nitrogens with zero attached hydrogens (tertiary/aromatic N) is 2. The summed E-state index contributed by atoms with van der Waals surface area (Å²) >= 11 is 3.48. The molecule has 1 amide bonds. The van der Waals surface area contributed by atoms with Crippen molar-refractivity contribution in [2.24, 2.45) is 0 Å². The normalized spacial score (nSPS) is 23.5.